The van der Waals surface area contributed by atoms with Crippen LogP contribution in [0.25, 0.3) is 0 Å². The average molecular weight is 266 g/mol. The van der Waals surface area contributed by atoms with E-state index in [4.69, 9.17) is 4.74 Å². The van der Waals surface area contributed by atoms with E-state index in [0.29, 0.717) is 6.61 Å². The van der Waals surface area contributed by atoms with E-state index in [1.165, 1.54) is 0 Å². The summed E-state index contributed by atoms with van der Waals surface area (Å²) in [4.78, 5) is 2.05. The predicted octanol–water partition coefficient (Wildman–Crippen LogP) is 1.84. The third-order valence-electron chi connectivity index (χ3n) is 2.67. The van der Waals surface area contributed by atoms with Gasteiger partial charge in [0.2, 0.25) is 0 Å². The molecule has 1 N–H and O–H groups in total. The summed E-state index contributed by atoms with van der Waals surface area (Å²) in [6.07, 6.45) is 0. The van der Waals surface area contributed by atoms with E-state index in [-0.39, 0.29) is 5.54 Å². The molecule has 0 aliphatic rings. The number of aromatic nitrogens is 2. The number of likely N-dealkylation sites (N-methyl/N-ethyl adjacent to an activating group) is 1. The van der Waals surface area contributed by atoms with E-state index >= 15 is 0 Å². The monoisotopic (exact) mass is 266 g/mol. The average Bonchev–Trinajstić information content (AvgIpc) is 2.36. The van der Waals surface area contributed by atoms with Crippen molar-refractivity contribution in [2.75, 3.05) is 31.7 Å². The quantitative estimate of drug-likeness (QED) is 0.763. The summed E-state index contributed by atoms with van der Waals surface area (Å²) in [5.74, 6) is 0.874. The predicted molar refractivity (Wildman–Crippen MR) is 78.4 cm³/mol. The minimum atomic E-state index is 0.0919. The van der Waals surface area contributed by atoms with Crippen LogP contribution in [0.15, 0.2) is 12.1 Å². The highest BCUT2D eigenvalue weighted by Crippen LogP contribution is 2.08. The summed E-state index contributed by atoms with van der Waals surface area (Å²) >= 11 is 0. The van der Waals surface area contributed by atoms with Crippen LogP contribution >= 0.6 is 0 Å². The van der Waals surface area contributed by atoms with E-state index in [1.54, 1.807) is 0 Å². The summed E-state index contributed by atoms with van der Waals surface area (Å²) < 4.78 is 5.33. The Bertz CT molecular complexity index is 359. The van der Waals surface area contributed by atoms with Crippen molar-refractivity contribution < 1.29 is 4.74 Å². The molecule has 0 saturated heterocycles. The number of hydrogen-bond acceptors (Lipinski definition) is 5. The summed E-state index contributed by atoms with van der Waals surface area (Å²) in [5, 5.41) is 11.9. The second kappa shape index (κ2) is 7.40. The van der Waals surface area contributed by atoms with Crippen LogP contribution in [-0.2, 0) is 11.3 Å². The highest BCUT2D eigenvalue weighted by molar-refractivity contribution is 5.35. The van der Waals surface area contributed by atoms with Crippen molar-refractivity contribution >= 4 is 5.82 Å². The molecule has 0 fully saturated rings. The molecule has 0 aliphatic carbocycles. The lowest BCUT2D eigenvalue weighted by Gasteiger charge is -2.20. The van der Waals surface area contributed by atoms with Gasteiger partial charge >= 0.3 is 0 Å². The summed E-state index contributed by atoms with van der Waals surface area (Å²) in [6.45, 7) is 11.4. The van der Waals surface area contributed by atoms with Gasteiger partial charge in [0.05, 0.1) is 12.3 Å². The first-order chi connectivity index (χ1) is 8.92. The van der Waals surface area contributed by atoms with E-state index < -0.39 is 0 Å². The molecule has 0 atom stereocenters. The Morgan fingerprint density at radius 2 is 2.00 bits per heavy atom. The summed E-state index contributed by atoms with van der Waals surface area (Å²) in [6, 6.07) is 4.01. The van der Waals surface area contributed by atoms with Crippen molar-refractivity contribution in [3.05, 3.63) is 17.8 Å². The van der Waals surface area contributed by atoms with Crippen molar-refractivity contribution in [2.45, 2.75) is 39.8 Å². The van der Waals surface area contributed by atoms with Gasteiger partial charge < -0.3 is 15.0 Å². The van der Waals surface area contributed by atoms with Crippen LogP contribution in [0.5, 0.6) is 0 Å². The smallest absolute Gasteiger partial charge is 0.151 e. The maximum atomic E-state index is 5.33. The van der Waals surface area contributed by atoms with Gasteiger partial charge in [0, 0.05) is 32.3 Å². The summed E-state index contributed by atoms with van der Waals surface area (Å²) in [7, 11) is 2.00. The zero-order valence-corrected chi connectivity index (χ0v) is 12.7. The van der Waals surface area contributed by atoms with Crippen molar-refractivity contribution in [1.82, 2.24) is 15.5 Å². The fraction of sp³-hybridized carbons (Fsp3) is 0.714. The molecular weight excluding hydrogens is 240 g/mol. The van der Waals surface area contributed by atoms with Gasteiger partial charge in [0.1, 0.15) is 0 Å². The molecule has 0 saturated carbocycles. The molecular formula is C14H26N4O. The minimum absolute atomic E-state index is 0.0919. The topological polar surface area (TPSA) is 50.3 Å². The third kappa shape index (κ3) is 6.50. The largest absolute Gasteiger partial charge is 0.380 e. The molecule has 0 radical (unpaired) electrons. The van der Waals surface area contributed by atoms with Gasteiger partial charge in [-0.3, -0.25) is 0 Å². The van der Waals surface area contributed by atoms with E-state index in [2.05, 4.69) is 36.3 Å². The fourth-order valence-electron chi connectivity index (χ4n) is 1.47. The van der Waals surface area contributed by atoms with Crippen molar-refractivity contribution in [2.24, 2.45) is 0 Å². The maximum Gasteiger partial charge on any atom is 0.151 e. The van der Waals surface area contributed by atoms with Gasteiger partial charge in [-0.25, -0.2) is 0 Å². The van der Waals surface area contributed by atoms with Gasteiger partial charge in [0.25, 0.3) is 0 Å². The Hall–Kier alpha value is -1.20. The molecule has 1 aromatic heterocycles. The van der Waals surface area contributed by atoms with Crippen LogP contribution in [0, 0.1) is 0 Å². The lowest BCUT2D eigenvalue weighted by atomic mass is 10.1. The molecule has 0 unspecified atom stereocenters. The minimum Gasteiger partial charge on any atom is -0.380 e. The molecule has 5 heteroatoms. The molecule has 5 nitrogen and oxygen atoms in total. The van der Waals surface area contributed by atoms with Crippen LogP contribution in [0.3, 0.4) is 0 Å². The van der Waals surface area contributed by atoms with E-state index in [0.717, 1.165) is 31.2 Å². The molecule has 1 aromatic rings. The number of rotatable bonds is 7. The van der Waals surface area contributed by atoms with Crippen molar-refractivity contribution in [3.63, 3.8) is 0 Å². The van der Waals surface area contributed by atoms with Gasteiger partial charge in [-0.1, -0.05) is 0 Å². The van der Waals surface area contributed by atoms with Crippen LogP contribution in [0.1, 0.15) is 33.4 Å². The lowest BCUT2D eigenvalue weighted by Crippen LogP contribution is -2.35. The molecule has 0 amide bonds. The van der Waals surface area contributed by atoms with Gasteiger partial charge in [0.15, 0.2) is 5.82 Å². The molecule has 0 spiro atoms. The molecule has 0 bridgehead atoms. The second-order valence-electron chi connectivity index (χ2n) is 5.60. The van der Waals surface area contributed by atoms with Crippen molar-refractivity contribution in [3.8, 4) is 0 Å². The van der Waals surface area contributed by atoms with Crippen molar-refractivity contribution in [1.29, 1.82) is 0 Å². The second-order valence-corrected chi connectivity index (χ2v) is 5.60. The van der Waals surface area contributed by atoms with Gasteiger partial charge in [-0.05, 0) is 39.8 Å². The zero-order valence-electron chi connectivity index (χ0n) is 12.7. The number of anilines is 1. The highest BCUT2D eigenvalue weighted by atomic mass is 16.5. The Morgan fingerprint density at radius 3 is 2.53 bits per heavy atom. The first-order valence-corrected chi connectivity index (χ1v) is 6.79. The molecule has 0 aromatic carbocycles. The van der Waals surface area contributed by atoms with Gasteiger partial charge in [-0.15, -0.1) is 5.10 Å². The molecule has 1 heterocycles. The number of nitrogens with zero attached hydrogens (tertiary/aromatic N) is 3. The Labute approximate surface area is 116 Å². The lowest BCUT2D eigenvalue weighted by molar-refractivity contribution is 0.154. The number of ether oxygens (including phenoxy) is 1. The first-order valence-electron chi connectivity index (χ1n) is 6.79. The summed E-state index contributed by atoms with van der Waals surface area (Å²) in [5.41, 5.74) is 1.05. The Kier molecular flexibility index (Phi) is 6.18. The number of hydrogen-bond donors (Lipinski definition) is 1. The molecule has 108 valence electrons. The van der Waals surface area contributed by atoms with Crippen LogP contribution in [0.4, 0.5) is 5.82 Å². The Morgan fingerprint density at radius 1 is 1.26 bits per heavy atom. The van der Waals surface area contributed by atoms with Crippen LogP contribution in [-0.4, -0.2) is 42.5 Å². The number of nitrogens with one attached hydrogen (secondary N) is 1. The van der Waals surface area contributed by atoms with Gasteiger partial charge in [-0.2, -0.15) is 5.10 Å². The Balaban J connectivity index is 2.46. The van der Waals surface area contributed by atoms with Crippen LogP contribution in [0.2, 0.25) is 0 Å². The normalized spacial score (nSPS) is 11.6. The zero-order chi connectivity index (χ0) is 14.3. The molecule has 0 aliphatic heterocycles. The molecule has 1 rings (SSSR count). The van der Waals surface area contributed by atoms with Crippen LogP contribution < -0.4 is 10.2 Å². The maximum absolute atomic E-state index is 5.33. The van der Waals surface area contributed by atoms with E-state index in [1.807, 2.05) is 31.0 Å². The fourth-order valence-corrected chi connectivity index (χ4v) is 1.47. The van der Waals surface area contributed by atoms with E-state index in [9.17, 15) is 0 Å². The first kappa shape index (κ1) is 15.9. The third-order valence-corrected chi connectivity index (χ3v) is 2.67. The highest BCUT2D eigenvalue weighted by Gasteiger charge is 2.09. The molecule has 19 heavy (non-hydrogen) atoms. The standard InChI is InChI=1S/C14H26N4O/c1-6-19-10-9-18(5)13-8-7-12(16-17-13)11-15-14(2,3)4/h7-8,15H,6,9-11H2,1-5H3. The SMILES string of the molecule is CCOCCN(C)c1ccc(CNC(C)(C)C)nn1.